The van der Waals surface area contributed by atoms with Crippen LogP contribution in [0.1, 0.15) is 16.2 Å². The van der Waals surface area contributed by atoms with Gasteiger partial charge in [0, 0.05) is 5.56 Å². The lowest BCUT2D eigenvalue weighted by Gasteiger charge is -2.02. The summed E-state index contributed by atoms with van der Waals surface area (Å²) in [5.74, 6) is -4.81. The monoisotopic (exact) mass is 305 g/mol. The van der Waals surface area contributed by atoms with Gasteiger partial charge in [0.05, 0.1) is 7.11 Å². The van der Waals surface area contributed by atoms with Crippen molar-refractivity contribution in [1.29, 1.82) is 0 Å². The largest absolute Gasteiger partial charge is 0.494 e. The second-order valence-electron chi connectivity index (χ2n) is 3.85. The molecule has 0 aliphatic carbocycles. The average Bonchev–Trinajstić information content (AvgIpc) is 2.84. The topological polar surface area (TPSA) is 72.6 Å². The summed E-state index contributed by atoms with van der Waals surface area (Å²) in [5, 5.41) is 8.72. The average molecular weight is 305 g/mol. The van der Waals surface area contributed by atoms with E-state index < -0.39 is 35.3 Å². The van der Waals surface area contributed by atoms with E-state index in [1.165, 1.54) is 7.11 Å². The van der Waals surface area contributed by atoms with Crippen LogP contribution in [-0.2, 0) is 6.18 Å². The van der Waals surface area contributed by atoms with Crippen LogP contribution in [0.15, 0.2) is 22.6 Å². The van der Waals surface area contributed by atoms with E-state index in [2.05, 4.69) is 14.1 Å². The molecule has 1 N–H and O–H groups in total. The predicted octanol–water partition coefficient (Wildman–Crippen LogP) is 3.21. The van der Waals surface area contributed by atoms with Gasteiger partial charge < -0.3 is 14.3 Å². The Morgan fingerprint density at radius 3 is 2.52 bits per heavy atom. The van der Waals surface area contributed by atoms with Crippen molar-refractivity contribution in [3.63, 3.8) is 0 Å². The van der Waals surface area contributed by atoms with Crippen molar-refractivity contribution in [3.8, 4) is 17.2 Å². The Kier molecular flexibility index (Phi) is 3.58. The zero-order valence-corrected chi connectivity index (χ0v) is 10.4. The first-order chi connectivity index (χ1) is 9.74. The lowest BCUT2D eigenvalue weighted by Crippen LogP contribution is -2.11. The number of hydrogen-bond acceptors (Lipinski definition) is 4. The molecule has 0 amide bonds. The molecule has 0 bridgehead atoms. The number of hydrogen-bond donors (Lipinski definition) is 1. The molecule has 0 atom stereocenters. The van der Waals surface area contributed by atoms with Crippen molar-refractivity contribution < 1.29 is 36.6 Å². The number of methoxy groups -OCH3 is 1. The highest BCUT2D eigenvalue weighted by molar-refractivity contribution is 5.86. The first kappa shape index (κ1) is 14.8. The molecule has 0 aliphatic rings. The molecular formula is C12H7F4NO4. The molecule has 0 radical (unpaired) electrons. The minimum Gasteiger partial charge on any atom is -0.494 e. The number of benzene rings is 1. The molecule has 1 aromatic heterocycles. The van der Waals surface area contributed by atoms with Gasteiger partial charge in [0.25, 0.3) is 0 Å². The molecule has 1 aromatic carbocycles. The van der Waals surface area contributed by atoms with Crippen LogP contribution >= 0.6 is 0 Å². The minimum atomic E-state index is -4.99. The first-order valence-corrected chi connectivity index (χ1v) is 5.39. The molecule has 0 saturated heterocycles. The number of aromatic nitrogens is 1. The second kappa shape index (κ2) is 5.08. The summed E-state index contributed by atoms with van der Waals surface area (Å²) in [6, 6.07) is 3.08. The highest BCUT2D eigenvalue weighted by Gasteiger charge is 2.41. The Balaban J connectivity index is 2.58. The normalized spacial score (nSPS) is 11.5. The van der Waals surface area contributed by atoms with Crippen LogP contribution in [0.5, 0.6) is 5.75 Å². The molecule has 112 valence electrons. The van der Waals surface area contributed by atoms with E-state index in [4.69, 9.17) is 5.11 Å². The number of ether oxygens (including phenoxy) is 1. The summed E-state index contributed by atoms with van der Waals surface area (Å²) in [6.07, 6.45) is -4.99. The number of oxazole rings is 1. The Labute approximate surface area is 114 Å². The van der Waals surface area contributed by atoms with Crippen molar-refractivity contribution in [3.05, 3.63) is 35.5 Å². The van der Waals surface area contributed by atoms with E-state index in [1.54, 1.807) is 0 Å². The van der Waals surface area contributed by atoms with Crippen LogP contribution in [0.2, 0.25) is 0 Å². The molecule has 0 fully saturated rings. The van der Waals surface area contributed by atoms with Gasteiger partial charge in [-0.05, 0) is 18.2 Å². The second-order valence-corrected chi connectivity index (χ2v) is 3.85. The van der Waals surface area contributed by atoms with E-state index in [1.807, 2.05) is 0 Å². The quantitative estimate of drug-likeness (QED) is 0.882. The Bertz CT molecular complexity index is 693. The molecule has 21 heavy (non-hydrogen) atoms. The molecule has 1 heterocycles. The fraction of sp³-hybridized carbons (Fsp3) is 0.167. The number of rotatable bonds is 3. The Morgan fingerprint density at radius 1 is 1.38 bits per heavy atom. The van der Waals surface area contributed by atoms with Gasteiger partial charge in [0.1, 0.15) is 0 Å². The van der Waals surface area contributed by atoms with Crippen LogP contribution in [0.4, 0.5) is 17.6 Å². The predicted molar refractivity (Wildman–Crippen MR) is 60.4 cm³/mol. The highest BCUT2D eigenvalue weighted by Crippen LogP contribution is 2.35. The van der Waals surface area contributed by atoms with Crippen LogP contribution in [0.25, 0.3) is 11.5 Å². The van der Waals surface area contributed by atoms with Crippen molar-refractivity contribution >= 4 is 5.97 Å². The molecule has 2 rings (SSSR count). The van der Waals surface area contributed by atoms with Crippen molar-refractivity contribution in [1.82, 2.24) is 4.98 Å². The molecule has 0 aliphatic heterocycles. The molecule has 0 unspecified atom stereocenters. The van der Waals surface area contributed by atoms with Gasteiger partial charge in [-0.1, -0.05) is 0 Å². The van der Waals surface area contributed by atoms with Crippen molar-refractivity contribution in [2.75, 3.05) is 7.11 Å². The van der Waals surface area contributed by atoms with E-state index in [9.17, 15) is 22.4 Å². The van der Waals surface area contributed by atoms with Gasteiger partial charge in [-0.3, -0.25) is 0 Å². The van der Waals surface area contributed by atoms with Gasteiger partial charge in [0.2, 0.25) is 11.7 Å². The highest BCUT2D eigenvalue weighted by atomic mass is 19.4. The summed E-state index contributed by atoms with van der Waals surface area (Å²) >= 11 is 0. The number of aromatic carboxylic acids is 1. The number of carbonyl (C=O) groups is 1. The SMILES string of the molecule is COc1cc(-c2nc(C(F)(F)F)c(C(=O)O)o2)ccc1F. The molecule has 9 heteroatoms. The third-order valence-corrected chi connectivity index (χ3v) is 2.49. The zero-order chi connectivity index (χ0) is 15.8. The minimum absolute atomic E-state index is 0.0498. The summed E-state index contributed by atoms with van der Waals surface area (Å²) in [6.45, 7) is 0. The van der Waals surface area contributed by atoms with Crippen LogP contribution < -0.4 is 4.74 Å². The third-order valence-electron chi connectivity index (χ3n) is 2.49. The van der Waals surface area contributed by atoms with E-state index in [0.717, 1.165) is 18.2 Å². The number of carboxylic acid groups (broad SMARTS) is 1. The molecular weight excluding hydrogens is 298 g/mol. The van der Waals surface area contributed by atoms with E-state index >= 15 is 0 Å². The third kappa shape index (κ3) is 2.81. The molecule has 0 spiro atoms. The molecule has 5 nitrogen and oxygen atoms in total. The van der Waals surface area contributed by atoms with Crippen molar-refractivity contribution in [2.24, 2.45) is 0 Å². The van der Waals surface area contributed by atoms with E-state index in [0.29, 0.717) is 0 Å². The van der Waals surface area contributed by atoms with E-state index in [-0.39, 0.29) is 11.3 Å². The van der Waals surface area contributed by atoms with Crippen LogP contribution in [0.3, 0.4) is 0 Å². The van der Waals surface area contributed by atoms with Crippen molar-refractivity contribution in [2.45, 2.75) is 6.18 Å². The smallest absolute Gasteiger partial charge is 0.437 e. The Hall–Kier alpha value is -2.58. The van der Waals surface area contributed by atoms with Gasteiger partial charge in [-0.2, -0.15) is 13.2 Å². The number of alkyl halides is 3. The lowest BCUT2D eigenvalue weighted by atomic mass is 10.2. The summed E-state index contributed by atoms with van der Waals surface area (Å²) < 4.78 is 60.6. The summed E-state index contributed by atoms with van der Waals surface area (Å²) in [4.78, 5) is 13.9. The van der Waals surface area contributed by atoms with Gasteiger partial charge in [-0.15, -0.1) is 0 Å². The maximum absolute atomic E-state index is 13.2. The maximum atomic E-state index is 13.2. The van der Waals surface area contributed by atoms with Gasteiger partial charge in [0.15, 0.2) is 17.3 Å². The number of carboxylic acids is 1. The number of halogens is 4. The Morgan fingerprint density at radius 2 is 2.05 bits per heavy atom. The maximum Gasteiger partial charge on any atom is 0.437 e. The zero-order valence-electron chi connectivity index (χ0n) is 10.4. The lowest BCUT2D eigenvalue weighted by molar-refractivity contribution is -0.141. The number of nitrogens with zero attached hydrogens (tertiary/aromatic N) is 1. The standard InChI is InChI=1S/C12H7F4NO4/c1-20-7-4-5(2-3-6(7)13)10-17-9(12(14,15)16)8(21-10)11(18)19/h2-4H,1H3,(H,18,19). The van der Waals surface area contributed by atoms with Gasteiger partial charge >= 0.3 is 12.1 Å². The fourth-order valence-corrected chi connectivity index (χ4v) is 1.57. The summed E-state index contributed by atoms with van der Waals surface area (Å²) in [5.41, 5.74) is -1.71. The molecule has 0 saturated carbocycles. The molecule has 2 aromatic rings. The van der Waals surface area contributed by atoms with Gasteiger partial charge in [-0.25, -0.2) is 14.2 Å². The van der Waals surface area contributed by atoms with Crippen LogP contribution in [-0.4, -0.2) is 23.2 Å². The first-order valence-electron chi connectivity index (χ1n) is 5.39. The summed E-state index contributed by atoms with van der Waals surface area (Å²) in [7, 11) is 1.17. The fourth-order valence-electron chi connectivity index (χ4n) is 1.57. The van der Waals surface area contributed by atoms with Crippen LogP contribution in [0, 0.1) is 5.82 Å².